The molecule has 0 aliphatic carbocycles. The summed E-state index contributed by atoms with van der Waals surface area (Å²) in [7, 11) is 0. The summed E-state index contributed by atoms with van der Waals surface area (Å²) >= 11 is 0. The number of rotatable bonds is 2. The lowest BCUT2D eigenvalue weighted by Gasteiger charge is -2.16. The van der Waals surface area contributed by atoms with Crippen LogP contribution in [0.1, 0.15) is 30.3 Å². The highest BCUT2D eigenvalue weighted by Crippen LogP contribution is 2.27. The van der Waals surface area contributed by atoms with Gasteiger partial charge in [0.05, 0.1) is 0 Å². The summed E-state index contributed by atoms with van der Waals surface area (Å²) in [6.07, 6.45) is 2.52. The quantitative estimate of drug-likeness (QED) is 0.741. The van der Waals surface area contributed by atoms with Crippen molar-refractivity contribution in [3.8, 4) is 0 Å². The van der Waals surface area contributed by atoms with Gasteiger partial charge in [0.2, 0.25) is 0 Å². The Labute approximate surface area is 100 Å². The van der Waals surface area contributed by atoms with E-state index in [4.69, 9.17) is 4.42 Å². The van der Waals surface area contributed by atoms with Crippen molar-refractivity contribution in [2.45, 2.75) is 19.8 Å². The van der Waals surface area contributed by atoms with Crippen LogP contribution in [0.2, 0.25) is 0 Å². The summed E-state index contributed by atoms with van der Waals surface area (Å²) in [5.74, 6) is 0.419. The second-order valence-electron chi connectivity index (χ2n) is 4.58. The molecule has 3 rings (SSSR count). The van der Waals surface area contributed by atoms with Crippen LogP contribution in [0.4, 0.5) is 5.69 Å². The van der Waals surface area contributed by atoms with E-state index in [1.807, 2.05) is 18.2 Å². The Morgan fingerprint density at radius 2 is 2.00 bits per heavy atom. The number of benzene rings is 1. The van der Waals surface area contributed by atoms with Crippen LogP contribution in [0.25, 0.3) is 11.0 Å². The summed E-state index contributed by atoms with van der Waals surface area (Å²) < 4.78 is 5.55. The van der Waals surface area contributed by atoms with Crippen LogP contribution in [0.15, 0.2) is 28.7 Å². The molecule has 0 radical (unpaired) electrons. The second kappa shape index (κ2) is 3.91. The van der Waals surface area contributed by atoms with Gasteiger partial charge < -0.3 is 9.32 Å². The lowest BCUT2D eigenvalue weighted by Crippen LogP contribution is -2.17. The maximum absolute atomic E-state index is 11.3. The highest BCUT2D eigenvalue weighted by molar-refractivity contribution is 5.96. The SMILES string of the molecule is CC(=O)c1cc2ccc(N3CCCC3)cc2o1. The number of fused-ring (bicyclic) bond motifs is 1. The predicted molar refractivity (Wildman–Crippen MR) is 67.7 cm³/mol. The molecule has 1 saturated heterocycles. The average Bonchev–Trinajstić information content (AvgIpc) is 2.97. The van der Waals surface area contributed by atoms with Crippen LogP contribution in [-0.2, 0) is 0 Å². The summed E-state index contributed by atoms with van der Waals surface area (Å²) in [6, 6.07) is 7.98. The van der Waals surface area contributed by atoms with Gasteiger partial charge in [-0.2, -0.15) is 0 Å². The lowest BCUT2D eigenvalue weighted by atomic mass is 10.2. The van der Waals surface area contributed by atoms with E-state index in [2.05, 4.69) is 11.0 Å². The molecule has 3 heteroatoms. The van der Waals surface area contributed by atoms with E-state index in [-0.39, 0.29) is 5.78 Å². The summed E-state index contributed by atoms with van der Waals surface area (Å²) in [4.78, 5) is 13.6. The van der Waals surface area contributed by atoms with Crippen molar-refractivity contribution >= 4 is 22.4 Å². The normalized spacial score (nSPS) is 15.7. The van der Waals surface area contributed by atoms with Gasteiger partial charge in [-0.25, -0.2) is 0 Å². The average molecular weight is 229 g/mol. The third-order valence-corrected chi connectivity index (χ3v) is 3.32. The molecule has 0 bridgehead atoms. The van der Waals surface area contributed by atoms with E-state index in [0.29, 0.717) is 5.76 Å². The first-order valence-electron chi connectivity index (χ1n) is 6.03. The maximum atomic E-state index is 11.3. The van der Waals surface area contributed by atoms with Crippen molar-refractivity contribution < 1.29 is 9.21 Å². The van der Waals surface area contributed by atoms with Crippen LogP contribution in [-0.4, -0.2) is 18.9 Å². The Morgan fingerprint density at radius 1 is 1.24 bits per heavy atom. The molecule has 0 atom stereocenters. The van der Waals surface area contributed by atoms with E-state index in [1.54, 1.807) is 0 Å². The molecule has 1 aromatic carbocycles. The summed E-state index contributed by atoms with van der Waals surface area (Å²) in [5, 5.41) is 0.998. The smallest absolute Gasteiger partial charge is 0.194 e. The molecular formula is C14H15NO2. The molecule has 0 saturated carbocycles. The summed E-state index contributed by atoms with van der Waals surface area (Å²) in [5.41, 5.74) is 2.00. The first-order chi connectivity index (χ1) is 8.24. The number of carbonyl (C=O) groups is 1. The fourth-order valence-electron chi connectivity index (χ4n) is 2.37. The monoisotopic (exact) mass is 229 g/mol. The number of nitrogens with zero attached hydrogens (tertiary/aromatic N) is 1. The highest BCUT2D eigenvalue weighted by Gasteiger charge is 2.14. The van der Waals surface area contributed by atoms with Crippen LogP contribution in [0.3, 0.4) is 0 Å². The standard InChI is InChI=1S/C14H15NO2/c1-10(16)13-8-11-4-5-12(9-14(11)17-13)15-6-2-3-7-15/h4-5,8-9H,2-3,6-7H2,1H3. The van der Waals surface area contributed by atoms with Crippen LogP contribution in [0, 0.1) is 0 Å². The van der Waals surface area contributed by atoms with Crippen molar-refractivity contribution in [3.05, 3.63) is 30.0 Å². The minimum absolute atomic E-state index is 0.0241. The van der Waals surface area contributed by atoms with Crippen molar-refractivity contribution in [3.63, 3.8) is 0 Å². The van der Waals surface area contributed by atoms with Crippen molar-refractivity contribution in [2.24, 2.45) is 0 Å². The fraction of sp³-hybridized carbons (Fsp3) is 0.357. The van der Waals surface area contributed by atoms with Gasteiger partial charge in [0.1, 0.15) is 5.58 Å². The predicted octanol–water partition coefficient (Wildman–Crippen LogP) is 3.24. The number of ketones is 1. The summed E-state index contributed by atoms with van der Waals surface area (Å²) in [6.45, 7) is 3.76. The number of carbonyl (C=O) groups excluding carboxylic acids is 1. The molecule has 2 aromatic rings. The molecule has 0 unspecified atom stereocenters. The van der Waals surface area contributed by atoms with Gasteiger partial charge in [-0.1, -0.05) is 0 Å². The Balaban J connectivity index is 2.02. The minimum atomic E-state index is -0.0241. The van der Waals surface area contributed by atoms with Crippen molar-refractivity contribution in [1.82, 2.24) is 0 Å². The second-order valence-corrected chi connectivity index (χ2v) is 4.58. The molecule has 1 aliphatic rings. The van der Waals surface area contributed by atoms with Gasteiger partial charge >= 0.3 is 0 Å². The van der Waals surface area contributed by atoms with Crippen molar-refractivity contribution in [1.29, 1.82) is 0 Å². The topological polar surface area (TPSA) is 33.5 Å². The van der Waals surface area contributed by atoms with E-state index in [1.165, 1.54) is 25.5 Å². The number of hydrogen-bond acceptors (Lipinski definition) is 3. The number of Topliss-reactive ketones (excluding diaryl/α,β-unsaturated/α-hetero) is 1. The highest BCUT2D eigenvalue weighted by atomic mass is 16.3. The number of anilines is 1. The molecule has 0 N–H and O–H groups in total. The molecule has 1 aliphatic heterocycles. The maximum Gasteiger partial charge on any atom is 0.194 e. The minimum Gasteiger partial charge on any atom is -0.453 e. The van der Waals surface area contributed by atoms with E-state index in [9.17, 15) is 4.79 Å². The van der Waals surface area contributed by atoms with Crippen molar-refractivity contribution in [2.75, 3.05) is 18.0 Å². The van der Waals surface area contributed by atoms with Gasteiger partial charge in [-0.15, -0.1) is 0 Å². The van der Waals surface area contributed by atoms with E-state index < -0.39 is 0 Å². The largest absolute Gasteiger partial charge is 0.453 e. The molecule has 17 heavy (non-hydrogen) atoms. The zero-order valence-electron chi connectivity index (χ0n) is 9.90. The van der Waals surface area contributed by atoms with Crippen LogP contribution in [0.5, 0.6) is 0 Å². The number of hydrogen-bond donors (Lipinski definition) is 0. The Hall–Kier alpha value is -1.77. The Morgan fingerprint density at radius 3 is 2.71 bits per heavy atom. The van der Waals surface area contributed by atoms with Gasteiger partial charge in [0, 0.05) is 37.2 Å². The molecule has 88 valence electrons. The molecule has 0 amide bonds. The van der Waals surface area contributed by atoms with E-state index >= 15 is 0 Å². The Bertz CT molecular complexity index is 565. The van der Waals surface area contributed by atoms with Crippen LogP contribution >= 0.6 is 0 Å². The molecular weight excluding hydrogens is 214 g/mol. The van der Waals surface area contributed by atoms with Gasteiger partial charge in [0.25, 0.3) is 0 Å². The molecule has 3 nitrogen and oxygen atoms in total. The zero-order valence-corrected chi connectivity index (χ0v) is 9.90. The van der Waals surface area contributed by atoms with Gasteiger partial charge in [-0.3, -0.25) is 4.79 Å². The first-order valence-corrected chi connectivity index (χ1v) is 6.03. The third kappa shape index (κ3) is 1.82. The zero-order chi connectivity index (χ0) is 11.8. The van der Waals surface area contributed by atoms with Gasteiger partial charge in [0.15, 0.2) is 11.5 Å². The van der Waals surface area contributed by atoms with Gasteiger partial charge in [-0.05, 0) is 31.0 Å². The van der Waals surface area contributed by atoms with Crippen LogP contribution < -0.4 is 4.90 Å². The Kier molecular flexibility index (Phi) is 2.39. The molecule has 2 heterocycles. The molecule has 1 aromatic heterocycles. The fourth-order valence-corrected chi connectivity index (χ4v) is 2.37. The first kappa shape index (κ1) is 10.4. The lowest BCUT2D eigenvalue weighted by molar-refractivity contribution is 0.0989. The van der Waals surface area contributed by atoms with E-state index in [0.717, 1.165) is 24.1 Å². The third-order valence-electron chi connectivity index (χ3n) is 3.32. The number of furan rings is 1. The molecule has 1 fully saturated rings. The molecule has 0 spiro atoms.